The van der Waals surface area contributed by atoms with Crippen LogP contribution in [0.25, 0.3) is 5.69 Å². The van der Waals surface area contributed by atoms with Gasteiger partial charge in [-0.3, -0.25) is 0 Å². The van der Waals surface area contributed by atoms with E-state index < -0.39 is 0 Å². The molecule has 0 spiro atoms. The lowest BCUT2D eigenvalue weighted by molar-refractivity contribution is 0.104. The molecule has 0 N–H and O–H groups in total. The highest BCUT2D eigenvalue weighted by Gasteiger charge is 2.25. The maximum absolute atomic E-state index is 13.2. The quantitative estimate of drug-likeness (QED) is 0.845. The molecule has 4 rings (SSSR count). The number of hydrogen-bond donors (Lipinski definition) is 0. The Balaban J connectivity index is 1.59. The molecule has 0 bridgehead atoms. The maximum Gasteiger partial charge on any atom is 0.156 e. The average Bonchev–Trinajstić information content (AvgIpc) is 3.34. The van der Waals surface area contributed by atoms with Crippen molar-refractivity contribution in [1.29, 1.82) is 0 Å². The van der Waals surface area contributed by atoms with E-state index in [1.807, 2.05) is 4.68 Å². The lowest BCUT2D eigenvalue weighted by Crippen LogP contribution is -2.10. The van der Waals surface area contributed by atoms with E-state index in [-0.39, 0.29) is 11.7 Å². The summed E-state index contributed by atoms with van der Waals surface area (Å²) in [6.07, 6.45) is 5.29. The Labute approximate surface area is 140 Å². The Morgan fingerprint density at radius 3 is 2.75 bits per heavy atom. The highest BCUT2D eigenvalue weighted by Crippen LogP contribution is 2.25. The molecule has 2 atom stereocenters. The zero-order chi connectivity index (χ0) is 16.4. The average molecular weight is 331 g/mol. The maximum atomic E-state index is 13.2. The molecular formula is C18H22FN3O2. The fourth-order valence-corrected chi connectivity index (χ4v) is 3.39. The third-order valence-corrected chi connectivity index (χ3v) is 4.77. The molecule has 2 saturated heterocycles. The number of hydrogen-bond acceptors (Lipinski definition) is 4. The number of halogens is 1. The minimum absolute atomic E-state index is 0.246. The predicted octanol–water partition coefficient (Wildman–Crippen LogP) is 3.02. The van der Waals surface area contributed by atoms with Gasteiger partial charge in [0, 0.05) is 25.6 Å². The van der Waals surface area contributed by atoms with Gasteiger partial charge in [0.25, 0.3) is 0 Å². The summed E-state index contributed by atoms with van der Waals surface area (Å²) in [4.78, 5) is 4.77. The number of ether oxygens (including phenoxy) is 2. The Hall–Kier alpha value is -1.79. The first-order chi connectivity index (χ1) is 11.8. The van der Waals surface area contributed by atoms with Crippen molar-refractivity contribution in [3.05, 3.63) is 41.7 Å². The van der Waals surface area contributed by atoms with Crippen LogP contribution in [0.4, 0.5) is 4.39 Å². The largest absolute Gasteiger partial charge is 0.381 e. The van der Waals surface area contributed by atoms with Gasteiger partial charge in [0.05, 0.1) is 18.4 Å². The molecule has 128 valence electrons. The number of aryl methyl sites for hydroxylation is 1. The Morgan fingerprint density at radius 2 is 2.04 bits per heavy atom. The smallest absolute Gasteiger partial charge is 0.156 e. The minimum Gasteiger partial charge on any atom is -0.381 e. The summed E-state index contributed by atoms with van der Waals surface area (Å²) in [6, 6.07) is 6.40. The first-order valence-electron chi connectivity index (χ1n) is 8.71. The molecule has 0 saturated carbocycles. The third kappa shape index (κ3) is 3.35. The van der Waals surface area contributed by atoms with E-state index in [9.17, 15) is 4.39 Å². The van der Waals surface area contributed by atoms with Crippen molar-refractivity contribution in [3.8, 4) is 5.69 Å². The van der Waals surface area contributed by atoms with Crippen LogP contribution in [0.5, 0.6) is 0 Å². The van der Waals surface area contributed by atoms with Gasteiger partial charge in [-0.25, -0.2) is 14.1 Å². The monoisotopic (exact) mass is 331 g/mol. The lowest BCUT2D eigenvalue weighted by atomic mass is 10.1. The van der Waals surface area contributed by atoms with E-state index in [4.69, 9.17) is 19.6 Å². The van der Waals surface area contributed by atoms with E-state index in [1.54, 1.807) is 12.1 Å². The molecule has 2 aliphatic rings. The number of aromatic nitrogens is 3. The standard InChI is InChI=1S/C18H22FN3O2/c19-14-3-5-15(6-4-14)22-17(8-7-16-2-1-10-24-16)20-18(21-22)13-9-11-23-12-13/h3-6,13,16H,1-2,7-12H2/t13?,16-/m1/s1. The highest BCUT2D eigenvalue weighted by atomic mass is 19.1. The van der Waals surface area contributed by atoms with Crippen molar-refractivity contribution >= 4 is 0 Å². The Bertz CT molecular complexity index is 674. The molecule has 2 aromatic rings. The van der Waals surface area contributed by atoms with E-state index >= 15 is 0 Å². The zero-order valence-corrected chi connectivity index (χ0v) is 13.7. The predicted molar refractivity (Wildman–Crippen MR) is 86.8 cm³/mol. The van der Waals surface area contributed by atoms with Gasteiger partial charge in [0.1, 0.15) is 11.6 Å². The van der Waals surface area contributed by atoms with Crippen LogP contribution in [0.3, 0.4) is 0 Å². The van der Waals surface area contributed by atoms with Crippen molar-refractivity contribution in [3.63, 3.8) is 0 Å². The normalized spacial score (nSPS) is 23.9. The molecule has 0 aliphatic carbocycles. The Morgan fingerprint density at radius 1 is 1.17 bits per heavy atom. The SMILES string of the molecule is Fc1ccc(-n2nc(C3CCOC3)nc2CC[C@H]2CCCO2)cc1. The molecule has 1 aromatic carbocycles. The van der Waals surface area contributed by atoms with Crippen LogP contribution in [0.2, 0.25) is 0 Å². The van der Waals surface area contributed by atoms with Crippen LogP contribution in [-0.2, 0) is 15.9 Å². The second kappa shape index (κ2) is 6.99. The molecule has 3 heterocycles. The summed E-state index contributed by atoms with van der Waals surface area (Å²) in [7, 11) is 0. The Kier molecular flexibility index (Phi) is 4.58. The van der Waals surface area contributed by atoms with E-state index in [0.717, 1.165) is 62.7 Å². The van der Waals surface area contributed by atoms with Crippen molar-refractivity contribution in [1.82, 2.24) is 14.8 Å². The number of nitrogens with zero attached hydrogens (tertiary/aromatic N) is 3. The molecule has 0 radical (unpaired) electrons. The van der Waals surface area contributed by atoms with Crippen LogP contribution in [0.1, 0.15) is 43.3 Å². The molecule has 1 unspecified atom stereocenters. The van der Waals surface area contributed by atoms with Gasteiger partial charge in [-0.05, 0) is 49.9 Å². The minimum atomic E-state index is -0.246. The van der Waals surface area contributed by atoms with Crippen molar-refractivity contribution in [2.75, 3.05) is 19.8 Å². The van der Waals surface area contributed by atoms with Crippen molar-refractivity contribution in [2.45, 2.75) is 44.1 Å². The van der Waals surface area contributed by atoms with Gasteiger partial charge in [0.15, 0.2) is 5.82 Å². The fourth-order valence-electron chi connectivity index (χ4n) is 3.39. The van der Waals surface area contributed by atoms with Crippen molar-refractivity contribution < 1.29 is 13.9 Å². The summed E-state index contributed by atoms with van der Waals surface area (Å²) >= 11 is 0. The molecule has 6 heteroatoms. The highest BCUT2D eigenvalue weighted by molar-refractivity contribution is 5.32. The van der Waals surface area contributed by atoms with E-state index in [0.29, 0.717) is 12.7 Å². The van der Waals surface area contributed by atoms with Gasteiger partial charge < -0.3 is 9.47 Å². The van der Waals surface area contributed by atoms with Gasteiger partial charge in [-0.1, -0.05) is 0 Å². The van der Waals surface area contributed by atoms with Gasteiger partial charge >= 0.3 is 0 Å². The summed E-state index contributed by atoms with van der Waals surface area (Å²) < 4.78 is 26.3. The third-order valence-electron chi connectivity index (χ3n) is 4.77. The molecular weight excluding hydrogens is 309 g/mol. The molecule has 2 aliphatic heterocycles. The topological polar surface area (TPSA) is 49.2 Å². The van der Waals surface area contributed by atoms with Crippen LogP contribution >= 0.6 is 0 Å². The second-order valence-corrected chi connectivity index (χ2v) is 6.51. The summed E-state index contributed by atoms with van der Waals surface area (Å²) in [5.74, 6) is 1.76. The van der Waals surface area contributed by atoms with Gasteiger partial charge in [-0.15, -0.1) is 0 Å². The number of benzene rings is 1. The van der Waals surface area contributed by atoms with Gasteiger partial charge in [0.2, 0.25) is 0 Å². The van der Waals surface area contributed by atoms with Crippen LogP contribution in [0, 0.1) is 5.82 Å². The summed E-state index contributed by atoms with van der Waals surface area (Å²) in [5.41, 5.74) is 0.844. The van der Waals surface area contributed by atoms with Crippen LogP contribution in [-0.4, -0.2) is 40.7 Å². The van der Waals surface area contributed by atoms with Crippen LogP contribution < -0.4 is 0 Å². The number of rotatable bonds is 5. The molecule has 2 fully saturated rings. The molecule has 0 amide bonds. The van der Waals surface area contributed by atoms with E-state index in [1.165, 1.54) is 12.1 Å². The van der Waals surface area contributed by atoms with E-state index in [2.05, 4.69) is 0 Å². The lowest BCUT2D eigenvalue weighted by Gasteiger charge is -2.09. The fraction of sp³-hybridized carbons (Fsp3) is 0.556. The first-order valence-corrected chi connectivity index (χ1v) is 8.71. The van der Waals surface area contributed by atoms with Crippen LogP contribution in [0.15, 0.2) is 24.3 Å². The molecule has 5 nitrogen and oxygen atoms in total. The second-order valence-electron chi connectivity index (χ2n) is 6.51. The molecule has 1 aromatic heterocycles. The first kappa shape index (κ1) is 15.7. The van der Waals surface area contributed by atoms with Gasteiger partial charge in [-0.2, -0.15) is 5.10 Å². The zero-order valence-electron chi connectivity index (χ0n) is 13.7. The van der Waals surface area contributed by atoms with Crippen molar-refractivity contribution in [2.24, 2.45) is 0 Å². The molecule has 24 heavy (non-hydrogen) atoms. The summed E-state index contributed by atoms with van der Waals surface area (Å²) in [6.45, 7) is 2.31. The summed E-state index contributed by atoms with van der Waals surface area (Å²) in [5, 5.41) is 4.70.